The number of imide groups is 1. The van der Waals surface area contributed by atoms with Gasteiger partial charge in [0.1, 0.15) is 11.8 Å². The molecule has 0 radical (unpaired) electrons. The molecule has 3 amide bonds. The Balaban J connectivity index is 1.56. The lowest BCUT2D eigenvalue weighted by molar-refractivity contribution is -0.126. The molecule has 0 aliphatic carbocycles. The molecular formula is C26H25F2N3O4. The van der Waals surface area contributed by atoms with Crippen LogP contribution >= 0.6 is 0 Å². The molecule has 1 saturated heterocycles. The number of aromatic nitrogens is 1. The lowest BCUT2D eigenvalue weighted by Crippen LogP contribution is -2.37. The molecule has 2 aromatic carbocycles. The van der Waals surface area contributed by atoms with Gasteiger partial charge in [-0.05, 0) is 70.2 Å². The van der Waals surface area contributed by atoms with E-state index < -0.39 is 24.6 Å². The number of nitrogens with zero attached hydrogens (tertiary/aromatic N) is 3. The second kappa shape index (κ2) is 9.32. The fraction of sp³-hybridized carbons (Fsp3) is 0.269. The number of anilines is 1. The third-order valence-electron chi connectivity index (χ3n) is 6.11. The van der Waals surface area contributed by atoms with Crippen molar-refractivity contribution in [2.75, 3.05) is 11.4 Å². The molecule has 1 fully saturated rings. The van der Waals surface area contributed by atoms with Crippen LogP contribution in [0.5, 0.6) is 5.75 Å². The van der Waals surface area contributed by atoms with Gasteiger partial charge in [-0.15, -0.1) is 0 Å². The summed E-state index contributed by atoms with van der Waals surface area (Å²) >= 11 is 0. The molecule has 0 saturated carbocycles. The summed E-state index contributed by atoms with van der Waals surface area (Å²) in [7, 11) is 0. The van der Waals surface area contributed by atoms with Gasteiger partial charge < -0.3 is 9.30 Å². The monoisotopic (exact) mass is 481 g/mol. The summed E-state index contributed by atoms with van der Waals surface area (Å²) in [6, 6.07) is 13.7. The van der Waals surface area contributed by atoms with Gasteiger partial charge >= 0.3 is 12.6 Å². The summed E-state index contributed by atoms with van der Waals surface area (Å²) in [5.74, 6) is -0.783. The van der Waals surface area contributed by atoms with E-state index in [1.807, 2.05) is 19.1 Å². The summed E-state index contributed by atoms with van der Waals surface area (Å²) in [6.07, 6.45) is 0. The number of halogens is 2. The van der Waals surface area contributed by atoms with Gasteiger partial charge in [0.2, 0.25) is 0 Å². The molecule has 1 atom stereocenters. The van der Waals surface area contributed by atoms with E-state index in [1.165, 1.54) is 17.0 Å². The van der Waals surface area contributed by atoms with Crippen molar-refractivity contribution in [1.29, 1.82) is 0 Å². The Morgan fingerprint density at radius 3 is 2.17 bits per heavy atom. The first-order valence-electron chi connectivity index (χ1n) is 11.1. The number of Topliss-reactive ketones (excluding diaryl/α,β-unsaturated/α-hetero) is 1. The SMILES string of the molecule is Cc1ccc(N2C(=O)N(CC(=O)c3cc(C)n(-c4ccc(OC(F)F)cc4)c3C)C(=O)[C@H]2C)cc1. The van der Waals surface area contributed by atoms with E-state index in [0.717, 1.165) is 16.2 Å². The number of hydrogen-bond donors (Lipinski definition) is 0. The van der Waals surface area contributed by atoms with Crippen molar-refractivity contribution in [3.63, 3.8) is 0 Å². The van der Waals surface area contributed by atoms with Crippen LogP contribution in [-0.4, -0.2) is 46.4 Å². The molecule has 1 aliphatic heterocycles. The average Bonchev–Trinajstić information content (AvgIpc) is 3.22. The Kier molecular flexibility index (Phi) is 6.43. The van der Waals surface area contributed by atoms with E-state index in [4.69, 9.17) is 0 Å². The highest BCUT2D eigenvalue weighted by Crippen LogP contribution is 2.28. The number of urea groups is 1. The van der Waals surface area contributed by atoms with Crippen LogP contribution in [0.1, 0.15) is 34.2 Å². The maximum atomic E-state index is 13.2. The van der Waals surface area contributed by atoms with Crippen LogP contribution in [0.4, 0.5) is 19.3 Å². The molecule has 182 valence electrons. The van der Waals surface area contributed by atoms with E-state index in [2.05, 4.69) is 4.74 Å². The average molecular weight is 481 g/mol. The van der Waals surface area contributed by atoms with Crippen LogP contribution in [0.25, 0.3) is 5.69 Å². The van der Waals surface area contributed by atoms with Gasteiger partial charge in [0.15, 0.2) is 5.78 Å². The third kappa shape index (κ3) is 4.53. The normalized spacial score (nSPS) is 15.9. The first-order chi connectivity index (χ1) is 16.6. The van der Waals surface area contributed by atoms with Crippen molar-refractivity contribution in [2.45, 2.75) is 40.3 Å². The Morgan fingerprint density at radius 1 is 0.971 bits per heavy atom. The van der Waals surface area contributed by atoms with Crippen molar-refractivity contribution in [2.24, 2.45) is 0 Å². The number of ether oxygens (including phenoxy) is 1. The van der Waals surface area contributed by atoms with Crippen LogP contribution in [0.15, 0.2) is 54.6 Å². The number of hydrogen-bond acceptors (Lipinski definition) is 4. The second-order valence-corrected chi connectivity index (χ2v) is 8.50. The smallest absolute Gasteiger partial charge is 0.387 e. The lowest BCUT2D eigenvalue weighted by atomic mass is 10.1. The number of ketones is 1. The van der Waals surface area contributed by atoms with E-state index in [-0.39, 0.29) is 18.1 Å². The van der Waals surface area contributed by atoms with Crippen molar-refractivity contribution < 1.29 is 27.9 Å². The number of benzene rings is 2. The Morgan fingerprint density at radius 2 is 1.57 bits per heavy atom. The minimum absolute atomic E-state index is 0.0285. The van der Waals surface area contributed by atoms with Gasteiger partial charge in [-0.2, -0.15) is 8.78 Å². The minimum Gasteiger partial charge on any atom is -0.435 e. The number of alkyl halides is 2. The fourth-order valence-corrected chi connectivity index (χ4v) is 4.36. The maximum Gasteiger partial charge on any atom is 0.387 e. The molecule has 0 bridgehead atoms. The van der Waals surface area contributed by atoms with Crippen LogP contribution in [0, 0.1) is 20.8 Å². The molecule has 4 rings (SSSR count). The molecule has 3 aromatic rings. The highest BCUT2D eigenvalue weighted by atomic mass is 19.3. The van der Waals surface area contributed by atoms with Crippen LogP contribution < -0.4 is 9.64 Å². The summed E-state index contributed by atoms with van der Waals surface area (Å²) in [6.45, 7) is 3.82. The molecule has 0 N–H and O–H groups in total. The Hall–Kier alpha value is -4.01. The number of carbonyl (C=O) groups is 3. The zero-order chi connectivity index (χ0) is 25.4. The van der Waals surface area contributed by atoms with Crippen LogP contribution in [0.2, 0.25) is 0 Å². The van der Waals surface area contributed by atoms with Gasteiger partial charge in [0.25, 0.3) is 5.91 Å². The van der Waals surface area contributed by atoms with Crippen LogP contribution in [-0.2, 0) is 4.79 Å². The summed E-state index contributed by atoms with van der Waals surface area (Å²) in [4.78, 5) is 41.5. The summed E-state index contributed by atoms with van der Waals surface area (Å²) in [5.41, 5.74) is 4.00. The fourth-order valence-electron chi connectivity index (χ4n) is 4.36. The standard InChI is InChI=1S/C26H25F2N3O4/c1-15-5-7-20(8-6-15)31-18(4)24(33)29(26(31)34)14-23(32)22-13-16(2)30(17(22)3)19-9-11-21(12-10-19)35-25(27)28/h5-13,18,25H,14H2,1-4H3/t18-/m1/s1. The Bertz CT molecular complexity index is 1280. The van der Waals surface area contributed by atoms with Crippen molar-refractivity contribution >= 4 is 23.4 Å². The number of carbonyl (C=O) groups excluding carboxylic acids is 3. The molecule has 0 unspecified atom stereocenters. The number of aryl methyl sites for hydroxylation is 2. The zero-order valence-corrected chi connectivity index (χ0v) is 19.8. The minimum atomic E-state index is -2.92. The van der Waals surface area contributed by atoms with E-state index in [0.29, 0.717) is 22.6 Å². The summed E-state index contributed by atoms with van der Waals surface area (Å²) in [5, 5.41) is 0. The van der Waals surface area contributed by atoms with Gasteiger partial charge in [-0.25, -0.2) is 4.79 Å². The molecule has 2 heterocycles. The van der Waals surface area contributed by atoms with Gasteiger partial charge in [0.05, 0.1) is 6.54 Å². The topological polar surface area (TPSA) is 71.8 Å². The third-order valence-corrected chi connectivity index (χ3v) is 6.11. The lowest BCUT2D eigenvalue weighted by Gasteiger charge is -2.19. The van der Waals surface area contributed by atoms with Gasteiger partial charge in [-0.1, -0.05) is 17.7 Å². The first kappa shape index (κ1) is 24.1. The molecule has 1 aromatic heterocycles. The maximum absolute atomic E-state index is 13.2. The molecular weight excluding hydrogens is 456 g/mol. The van der Waals surface area contributed by atoms with E-state index >= 15 is 0 Å². The van der Waals surface area contributed by atoms with Crippen LogP contribution in [0.3, 0.4) is 0 Å². The molecule has 9 heteroatoms. The first-order valence-corrected chi connectivity index (χ1v) is 11.1. The predicted molar refractivity (Wildman–Crippen MR) is 126 cm³/mol. The molecule has 1 aliphatic rings. The Labute approximate surface area is 201 Å². The van der Waals surface area contributed by atoms with Gasteiger partial charge in [0, 0.05) is 28.3 Å². The number of amides is 3. The predicted octanol–water partition coefficient (Wildman–Crippen LogP) is 5.04. The zero-order valence-electron chi connectivity index (χ0n) is 19.8. The van der Waals surface area contributed by atoms with Gasteiger partial charge in [-0.3, -0.25) is 19.4 Å². The number of rotatable bonds is 7. The summed E-state index contributed by atoms with van der Waals surface area (Å²) < 4.78 is 31.0. The van der Waals surface area contributed by atoms with E-state index in [1.54, 1.807) is 55.7 Å². The second-order valence-electron chi connectivity index (χ2n) is 8.50. The highest BCUT2D eigenvalue weighted by molar-refractivity contribution is 6.16. The largest absolute Gasteiger partial charge is 0.435 e. The van der Waals surface area contributed by atoms with Crippen molar-refractivity contribution in [3.05, 3.63) is 77.1 Å². The van der Waals surface area contributed by atoms with Crippen molar-refractivity contribution in [1.82, 2.24) is 9.47 Å². The molecule has 35 heavy (non-hydrogen) atoms. The van der Waals surface area contributed by atoms with Crippen molar-refractivity contribution in [3.8, 4) is 11.4 Å². The quantitative estimate of drug-likeness (QED) is 0.350. The molecule has 7 nitrogen and oxygen atoms in total. The van der Waals surface area contributed by atoms with E-state index in [9.17, 15) is 23.2 Å². The highest BCUT2D eigenvalue weighted by Gasteiger charge is 2.44. The molecule has 0 spiro atoms.